The molecule has 0 saturated carbocycles. The van der Waals surface area contributed by atoms with Crippen LogP contribution in [0.25, 0.3) is 0 Å². The van der Waals surface area contributed by atoms with Gasteiger partial charge in [-0.1, -0.05) is 47.4 Å². The molecule has 7 nitrogen and oxygen atoms in total. The van der Waals surface area contributed by atoms with Gasteiger partial charge in [-0.15, -0.1) is 10.2 Å². The van der Waals surface area contributed by atoms with Gasteiger partial charge >= 0.3 is 0 Å². The molecule has 0 unspecified atom stereocenters. The molecule has 2 aliphatic rings. The topological polar surface area (TPSA) is 92.3 Å². The molecule has 2 heterocycles. The molecule has 1 fully saturated rings. The van der Waals surface area contributed by atoms with E-state index in [9.17, 15) is 18.8 Å². The number of hydrogen-bond donors (Lipinski definition) is 1. The Morgan fingerprint density at radius 1 is 1.20 bits per heavy atom. The Balaban J connectivity index is 1.35. The second-order valence-corrected chi connectivity index (χ2v) is 9.36. The molecule has 1 saturated heterocycles. The van der Waals surface area contributed by atoms with Crippen LogP contribution in [0.5, 0.6) is 0 Å². The maximum atomic E-state index is 13.0. The van der Waals surface area contributed by atoms with Gasteiger partial charge in [0.1, 0.15) is 11.9 Å². The molecule has 0 spiro atoms. The standard InChI is InChI=1S/C20H19FN4O3S2/c1-11(25-17(27)14-4-2-3-5-15(14)18(25)28)16(26)22-19-23-24-20(30-19)29-10-12-6-8-13(21)9-7-12/h2-3,6-9,11,14-15H,4-5,10H2,1H3,(H,22,23,26)/t11-,14-,15-/m0/s1. The monoisotopic (exact) mass is 446 g/mol. The normalized spacial score (nSPS) is 21.6. The minimum Gasteiger partial charge on any atom is -0.299 e. The molecule has 1 aromatic heterocycles. The molecule has 3 atom stereocenters. The number of anilines is 1. The van der Waals surface area contributed by atoms with E-state index in [0.717, 1.165) is 10.5 Å². The number of thioether (sulfide) groups is 1. The van der Waals surface area contributed by atoms with E-state index in [-0.39, 0.29) is 29.5 Å². The highest BCUT2D eigenvalue weighted by Gasteiger charge is 2.50. The average molecular weight is 447 g/mol. The Kier molecular flexibility index (Phi) is 5.96. The Hall–Kier alpha value is -2.59. The summed E-state index contributed by atoms with van der Waals surface area (Å²) in [4.78, 5) is 39.0. The van der Waals surface area contributed by atoms with Gasteiger partial charge in [-0.05, 0) is 37.5 Å². The van der Waals surface area contributed by atoms with Crippen molar-refractivity contribution in [2.24, 2.45) is 11.8 Å². The number of fused-ring (bicyclic) bond motifs is 1. The maximum absolute atomic E-state index is 13.0. The number of halogens is 1. The van der Waals surface area contributed by atoms with E-state index < -0.39 is 11.9 Å². The molecule has 2 aromatic rings. The number of aromatic nitrogens is 2. The Morgan fingerprint density at radius 2 is 1.83 bits per heavy atom. The molecule has 10 heteroatoms. The summed E-state index contributed by atoms with van der Waals surface area (Å²) in [5, 5.41) is 10.9. The largest absolute Gasteiger partial charge is 0.299 e. The summed E-state index contributed by atoms with van der Waals surface area (Å²) in [6.45, 7) is 1.54. The van der Waals surface area contributed by atoms with Crippen LogP contribution in [-0.2, 0) is 20.1 Å². The van der Waals surface area contributed by atoms with Crippen LogP contribution in [0.4, 0.5) is 9.52 Å². The number of amides is 3. The van der Waals surface area contributed by atoms with E-state index >= 15 is 0 Å². The summed E-state index contributed by atoms with van der Waals surface area (Å²) in [6, 6.07) is 5.28. The highest BCUT2D eigenvalue weighted by molar-refractivity contribution is 8.00. The fourth-order valence-corrected chi connectivity index (χ4v) is 5.29. The van der Waals surface area contributed by atoms with Crippen molar-refractivity contribution in [3.8, 4) is 0 Å². The quantitative estimate of drug-likeness (QED) is 0.317. The molecular weight excluding hydrogens is 427 g/mol. The molecule has 1 aliphatic heterocycles. The van der Waals surface area contributed by atoms with Crippen molar-refractivity contribution in [2.75, 3.05) is 5.32 Å². The van der Waals surface area contributed by atoms with Gasteiger partial charge in [-0.2, -0.15) is 0 Å². The first-order valence-corrected chi connectivity index (χ1v) is 11.3. The molecule has 1 aliphatic carbocycles. The second kappa shape index (κ2) is 8.65. The summed E-state index contributed by atoms with van der Waals surface area (Å²) in [7, 11) is 0. The lowest BCUT2D eigenvalue weighted by Gasteiger charge is -2.21. The van der Waals surface area contributed by atoms with Crippen molar-refractivity contribution in [2.45, 2.75) is 35.9 Å². The van der Waals surface area contributed by atoms with Gasteiger partial charge in [-0.25, -0.2) is 4.39 Å². The first-order chi connectivity index (χ1) is 14.4. The molecule has 1 N–H and O–H groups in total. The van der Waals surface area contributed by atoms with Crippen LogP contribution in [0.3, 0.4) is 0 Å². The summed E-state index contributed by atoms with van der Waals surface area (Å²) in [5.41, 5.74) is 0.942. The number of imide groups is 1. The van der Waals surface area contributed by atoms with E-state index in [1.165, 1.54) is 35.2 Å². The lowest BCUT2D eigenvalue weighted by molar-refractivity contribution is -0.146. The van der Waals surface area contributed by atoms with Crippen molar-refractivity contribution in [1.82, 2.24) is 15.1 Å². The predicted molar refractivity (Wildman–Crippen MR) is 111 cm³/mol. The predicted octanol–water partition coefficient (Wildman–Crippen LogP) is 3.25. The van der Waals surface area contributed by atoms with E-state index in [0.29, 0.717) is 28.1 Å². The van der Waals surface area contributed by atoms with Crippen molar-refractivity contribution in [1.29, 1.82) is 0 Å². The third-order valence-electron chi connectivity index (χ3n) is 5.22. The van der Waals surface area contributed by atoms with Crippen LogP contribution in [-0.4, -0.2) is 38.9 Å². The van der Waals surface area contributed by atoms with Crippen molar-refractivity contribution in [3.05, 3.63) is 47.8 Å². The highest BCUT2D eigenvalue weighted by Crippen LogP contribution is 2.36. The lowest BCUT2D eigenvalue weighted by Crippen LogP contribution is -2.46. The average Bonchev–Trinajstić information content (AvgIpc) is 3.30. The third kappa shape index (κ3) is 4.15. The molecule has 0 bridgehead atoms. The number of likely N-dealkylation sites (tertiary alicyclic amines) is 1. The van der Waals surface area contributed by atoms with E-state index in [2.05, 4.69) is 15.5 Å². The number of carbonyl (C=O) groups is 3. The first kappa shape index (κ1) is 20.7. The molecule has 0 radical (unpaired) electrons. The Morgan fingerprint density at radius 3 is 2.47 bits per heavy atom. The molecular formula is C20H19FN4O3S2. The summed E-state index contributed by atoms with van der Waals surface area (Å²) in [6.07, 6.45) is 4.89. The van der Waals surface area contributed by atoms with Gasteiger partial charge in [0.2, 0.25) is 22.9 Å². The van der Waals surface area contributed by atoms with Gasteiger partial charge in [-0.3, -0.25) is 24.6 Å². The zero-order chi connectivity index (χ0) is 21.3. The molecule has 4 rings (SSSR count). The number of hydrogen-bond acceptors (Lipinski definition) is 7. The molecule has 1 aromatic carbocycles. The summed E-state index contributed by atoms with van der Waals surface area (Å²) >= 11 is 2.62. The fourth-order valence-electron chi connectivity index (χ4n) is 3.58. The minimum absolute atomic E-state index is 0.287. The lowest BCUT2D eigenvalue weighted by atomic mass is 9.85. The van der Waals surface area contributed by atoms with Crippen LogP contribution in [0, 0.1) is 17.7 Å². The van der Waals surface area contributed by atoms with Gasteiger partial charge in [0.05, 0.1) is 11.8 Å². The minimum atomic E-state index is -0.921. The summed E-state index contributed by atoms with van der Waals surface area (Å²) < 4.78 is 13.6. The number of allylic oxidation sites excluding steroid dienone is 2. The second-order valence-electron chi connectivity index (χ2n) is 7.16. The van der Waals surface area contributed by atoms with Crippen LogP contribution in [0.1, 0.15) is 25.3 Å². The number of nitrogens with one attached hydrogen (secondary N) is 1. The van der Waals surface area contributed by atoms with Crippen LogP contribution in [0.15, 0.2) is 40.8 Å². The highest BCUT2D eigenvalue weighted by atomic mass is 32.2. The number of nitrogens with zero attached hydrogens (tertiary/aromatic N) is 3. The van der Waals surface area contributed by atoms with Crippen molar-refractivity contribution >= 4 is 46.0 Å². The zero-order valence-corrected chi connectivity index (χ0v) is 17.7. The van der Waals surface area contributed by atoms with Crippen molar-refractivity contribution in [3.63, 3.8) is 0 Å². The zero-order valence-electron chi connectivity index (χ0n) is 16.1. The number of benzene rings is 1. The first-order valence-electron chi connectivity index (χ1n) is 9.47. The molecule has 30 heavy (non-hydrogen) atoms. The van der Waals surface area contributed by atoms with Gasteiger partial charge < -0.3 is 0 Å². The van der Waals surface area contributed by atoms with Gasteiger partial charge in [0.25, 0.3) is 0 Å². The van der Waals surface area contributed by atoms with E-state index in [1.807, 2.05) is 12.2 Å². The molecule has 156 valence electrons. The number of carbonyl (C=O) groups excluding carboxylic acids is 3. The van der Waals surface area contributed by atoms with E-state index in [1.54, 1.807) is 19.1 Å². The van der Waals surface area contributed by atoms with Crippen molar-refractivity contribution < 1.29 is 18.8 Å². The Bertz CT molecular complexity index is 982. The number of rotatable bonds is 6. The van der Waals surface area contributed by atoms with Crippen LogP contribution < -0.4 is 5.32 Å². The smallest absolute Gasteiger partial charge is 0.249 e. The fraction of sp³-hybridized carbons (Fsp3) is 0.350. The van der Waals surface area contributed by atoms with Gasteiger partial charge in [0.15, 0.2) is 4.34 Å². The summed E-state index contributed by atoms with van der Waals surface area (Å²) in [5.74, 6) is -1.48. The van der Waals surface area contributed by atoms with Crippen LogP contribution in [0.2, 0.25) is 0 Å². The molecule has 3 amide bonds. The van der Waals surface area contributed by atoms with E-state index in [4.69, 9.17) is 0 Å². The van der Waals surface area contributed by atoms with Crippen LogP contribution >= 0.6 is 23.1 Å². The maximum Gasteiger partial charge on any atom is 0.249 e. The third-order valence-corrected chi connectivity index (χ3v) is 7.26. The Labute approximate surface area is 180 Å². The van der Waals surface area contributed by atoms with Gasteiger partial charge in [0, 0.05) is 5.75 Å². The SMILES string of the molecule is C[C@@H](C(=O)Nc1nnc(SCc2ccc(F)cc2)s1)N1C(=O)[C@H]2CC=CC[C@@H]2C1=O.